The van der Waals surface area contributed by atoms with E-state index in [1.54, 1.807) is 0 Å². The van der Waals surface area contributed by atoms with Crippen LogP contribution in [0.4, 0.5) is 0 Å². The van der Waals surface area contributed by atoms with Crippen LogP contribution in [-0.2, 0) is 12.1 Å². The van der Waals surface area contributed by atoms with Gasteiger partial charge in [-0.3, -0.25) is 9.58 Å². The maximum atomic E-state index is 9.90. The molecule has 0 amide bonds. The Morgan fingerprint density at radius 1 is 1.42 bits per heavy atom. The average molecular weight is 265 g/mol. The van der Waals surface area contributed by atoms with Crippen LogP contribution in [0.25, 0.3) is 0 Å². The van der Waals surface area contributed by atoms with Gasteiger partial charge in [0.1, 0.15) is 0 Å². The van der Waals surface area contributed by atoms with Crippen molar-refractivity contribution in [1.82, 2.24) is 14.7 Å². The largest absolute Gasteiger partial charge is 0.392 e. The fourth-order valence-corrected chi connectivity index (χ4v) is 2.80. The van der Waals surface area contributed by atoms with Crippen molar-refractivity contribution in [2.45, 2.75) is 71.2 Å². The highest BCUT2D eigenvalue weighted by Crippen LogP contribution is 2.22. The van der Waals surface area contributed by atoms with Crippen LogP contribution in [0.2, 0.25) is 0 Å². The van der Waals surface area contributed by atoms with Gasteiger partial charge in [-0.15, -0.1) is 0 Å². The summed E-state index contributed by atoms with van der Waals surface area (Å²) in [6.07, 6.45) is 7.40. The zero-order chi connectivity index (χ0) is 14.0. The lowest BCUT2D eigenvalue weighted by Gasteiger charge is -2.37. The van der Waals surface area contributed by atoms with Crippen LogP contribution in [0.15, 0.2) is 12.4 Å². The molecule has 0 aromatic carbocycles. The SMILES string of the molecule is CC(O)C1CCCCN1Cc1cnn(C(C)(C)C)c1. The van der Waals surface area contributed by atoms with Gasteiger partial charge in [0.15, 0.2) is 0 Å². The first-order valence-electron chi connectivity index (χ1n) is 7.34. The Balaban J connectivity index is 2.05. The van der Waals surface area contributed by atoms with Crippen LogP contribution in [0.5, 0.6) is 0 Å². The predicted molar refractivity (Wildman–Crippen MR) is 77.0 cm³/mol. The Morgan fingerprint density at radius 2 is 2.16 bits per heavy atom. The third kappa shape index (κ3) is 3.57. The van der Waals surface area contributed by atoms with Gasteiger partial charge in [0.25, 0.3) is 0 Å². The second kappa shape index (κ2) is 5.63. The Morgan fingerprint density at radius 3 is 2.74 bits per heavy atom. The van der Waals surface area contributed by atoms with E-state index in [0.29, 0.717) is 6.04 Å². The third-order valence-corrected chi connectivity index (χ3v) is 3.93. The van der Waals surface area contributed by atoms with Crippen molar-refractivity contribution in [3.63, 3.8) is 0 Å². The molecule has 0 saturated carbocycles. The van der Waals surface area contributed by atoms with Crippen LogP contribution < -0.4 is 0 Å². The number of aromatic nitrogens is 2. The standard InChI is InChI=1S/C15H27N3O/c1-12(19)14-7-5-6-8-17(14)10-13-9-16-18(11-13)15(2,3)4/h9,11-12,14,19H,5-8,10H2,1-4H3. The van der Waals surface area contributed by atoms with E-state index >= 15 is 0 Å². The molecule has 2 unspecified atom stereocenters. The van der Waals surface area contributed by atoms with Crippen molar-refractivity contribution in [1.29, 1.82) is 0 Å². The van der Waals surface area contributed by atoms with Crippen LogP contribution in [0.3, 0.4) is 0 Å². The van der Waals surface area contributed by atoms with Gasteiger partial charge in [-0.1, -0.05) is 6.42 Å². The molecule has 1 aliphatic rings. The maximum absolute atomic E-state index is 9.90. The summed E-state index contributed by atoms with van der Waals surface area (Å²) in [6, 6.07) is 0.298. The molecule has 1 saturated heterocycles. The summed E-state index contributed by atoms with van der Waals surface area (Å²) in [5.74, 6) is 0. The molecule has 1 aromatic heterocycles. The maximum Gasteiger partial charge on any atom is 0.0667 e. The first kappa shape index (κ1) is 14.5. The van der Waals surface area contributed by atoms with E-state index < -0.39 is 0 Å². The van der Waals surface area contributed by atoms with Gasteiger partial charge in [-0.2, -0.15) is 5.10 Å². The molecule has 0 spiro atoms. The van der Waals surface area contributed by atoms with Crippen molar-refractivity contribution in [3.8, 4) is 0 Å². The van der Waals surface area contributed by atoms with Gasteiger partial charge < -0.3 is 5.11 Å². The second-order valence-electron chi connectivity index (χ2n) is 6.74. The van der Waals surface area contributed by atoms with Gasteiger partial charge in [0, 0.05) is 24.3 Å². The molecule has 0 aliphatic carbocycles. The minimum Gasteiger partial charge on any atom is -0.392 e. The highest BCUT2D eigenvalue weighted by atomic mass is 16.3. The Kier molecular flexibility index (Phi) is 4.31. The minimum absolute atomic E-state index is 0.0316. The number of hydrogen-bond donors (Lipinski definition) is 1. The van der Waals surface area contributed by atoms with Crippen molar-refractivity contribution >= 4 is 0 Å². The molecule has 1 aliphatic heterocycles. The van der Waals surface area contributed by atoms with E-state index in [9.17, 15) is 5.11 Å². The first-order chi connectivity index (χ1) is 8.88. The van der Waals surface area contributed by atoms with Crippen LogP contribution in [-0.4, -0.2) is 38.5 Å². The molecule has 19 heavy (non-hydrogen) atoms. The van der Waals surface area contributed by atoms with E-state index in [-0.39, 0.29) is 11.6 Å². The van der Waals surface area contributed by atoms with E-state index in [2.05, 4.69) is 37.0 Å². The van der Waals surface area contributed by atoms with Gasteiger partial charge in [-0.05, 0) is 47.1 Å². The highest BCUT2D eigenvalue weighted by Gasteiger charge is 2.26. The third-order valence-electron chi connectivity index (χ3n) is 3.93. The quantitative estimate of drug-likeness (QED) is 0.912. The highest BCUT2D eigenvalue weighted by molar-refractivity contribution is 5.06. The van der Waals surface area contributed by atoms with Gasteiger partial charge in [0.2, 0.25) is 0 Å². The van der Waals surface area contributed by atoms with E-state index in [4.69, 9.17) is 0 Å². The monoisotopic (exact) mass is 265 g/mol. The van der Waals surface area contributed by atoms with Crippen molar-refractivity contribution in [2.24, 2.45) is 0 Å². The predicted octanol–water partition coefficient (Wildman–Crippen LogP) is 2.37. The molecular weight excluding hydrogens is 238 g/mol. The fraction of sp³-hybridized carbons (Fsp3) is 0.800. The summed E-state index contributed by atoms with van der Waals surface area (Å²) >= 11 is 0. The van der Waals surface area contributed by atoms with Crippen molar-refractivity contribution in [3.05, 3.63) is 18.0 Å². The van der Waals surface area contributed by atoms with Crippen LogP contribution >= 0.6 is 0 Å². The number of hydrogen-bond acceptors (Lipinski definition) is 3. The second-order valence-corrected chi connectivity index (χ2v) is 6.74. The zero-order valence-corrected chi connectivity index (χ0v) is 12.6. The summed E-state index contributed by atoms with van der Waals surface area (Å²) in [5, 5.41) is 14.3. The molecule has 2 atom stereocenters. The summed E-state index contributed by atoms with van der Waals surface area (Å²) in [4.78, 5) is 2.40. The number of aliphatic hydroxyl groups is 1. The minimum atomic E-state index is -0.252. The number of aliphatic hydroxyl groups excluding tert-OH is 1. The lowest BCUT2D eigenvalue weighted by Crippen LogP contribution is -2.45. The normalized spacial score (nSPS) is 23.5. The Hall–Kier alpha value is -0.870. The zero-order valence-electron chi connectivity index (χ0n) is 12.6. The smallest absolute Gasteiger partial charge is 0.0667 e. The number of piperidine rings is 1. The molecular formula is C15H27N3O. The van der Waals surface area contributed by atoms with Crippen LogP contribution in [0, 0.1) is 0 Å². The van der Waals surface area contributed by atoms with Gasteiger partial charge >= 0.3 is 0 Å². The number of nitrogens with zero attached hydrogens (tertiary/aromatic N) is 3. The molecule has 0 bridgehead atoms. The van der Waals surface area contributed by atoms with Gasteiger partial charge in [0.05, 0.1) is 17.8 Å². The molecule has 1 aromatic rings. The van der Waals surface area contributed by atoms with E-state index in [1.807, 2.05) is 17.8 Å². The lowest BCUT2D eigenvalue weighted by atomic mass is 9.98. The molecule has 4 heteroatoms. The summed E-state index contributed by atoms with van der Waals surface area (Å²) in [5.41, 5.74) is 1.27. The Bertz CT molecular complexity index is 406. The summed E-state index contributed by atoms with van der Waals surface area (Å²) in [6.45, 7) is 10.3. The molecule has 1 fully saturated rings. The Labute approximate surface area is 116 Å². The average Bonchev–Trinajstić information content (AvgIpc) is 2.77. The lowest BCUT2D eigenvalue weighted by molar-refractivity contribution is 0.0316. The first-order valence-corrected chi connectivity index (χ1v) is 7.34. The van der Waals surface area contributed by atoms with Crippen molar-refractivity contribution in [2.75, 3.05) is 6.54 Å². The molecule has 0 radical (unpaired) electrons. The number of likely N-dealkylation sites (tertiary alicyclic amines) is 1. The van der Waals surface area contributed by atoms with E-state index in [0.717, 1.165) is 19.5 Å². The fourth-order valence-electron chi connectivity index (χ4n) is 2.80. The molecule has 108 valence electrons. The molecule has 2 rings (SSSR count). The topological polar surface area (TPSA) is 41.3 Å². The number of rotatable bonds is 3. The van der Waals surface area contributed by atoms with Crippen molar-refractivity contribution < 1.29 is 5.11 Å². The van der Waals surface area contributed by atoms with Gasteiger partial charge in [-0.25, -0.2) is 0 Å². The molecule has 1 N–H and O–H groups in total. The van der Waals surface area contributed by atoms with E-state index in [1.165, 1.54) is 18.4 Å². The molecule has 2 heterocycles. The summed E-state index contributed by atoms with van der Waals surface area (Å²) < 4.78 is 2.02. The molecule has 4 nitrogen and oxygen atoms in total. The summed E-state index contributed by atoms with van der Waals surface area (Å²) in [7, 11) is 0. The van der Waals surface area contributed by atoms with Crippen LogP contribution in [0.1, 0.15) is 52.5 Å².